The van der Waals surface area contributed by atoms with Crippen LogP contribution in [0, 0.1) is 0 Å². The molecule has 2 aliphatic rings. The van der Waals surface area contributed by atoms with Crippen LogP contribution < -0.4 is 0 Å². The number of allylic oxidation sites excluding steroid dienone is 6. The fourth-order valence-corrected chi connectivity index (χ4v) is 10.2. The number of rotatable bonds is 3. The molecule has 0 aromatic heterocycles. The molecule has 4 heteroatoms. The second-order valence-electron chi connectivity index (χ2n) is 6.43. The van der Waals surface area contributed by atoms with Crippen molar-refractivity contribution >= 4 is 14.3 Å². The molecule has 0 aromatic carbocycles. The summed E-state index contributed by atoms with van der Waals surface area (Å²) in [7, 11) is -5.05. The molecular weight excluding hydrogens is 286 g/mol. The number of hydrogen-bond acceptors (Lipinski definition) is 2. The highest BCUT2D eigenvalue weighted by atomic mass is 31.2. The van der Waals surface area contributed by atoms with Gasteiger partial charge in [-0.15, -0.1) is 0 Å². The van der Waals surface area contributed by atoms with E-state index in [9.17, 15) is 9.13 Å². The molecule has 2 nitrogen and oxygen atoms in total. The molecule has 2 rings (SSSR count). The molecule has 0 unspecified atom stereocenters. The second-order valence-corrected chi connectivity index (χ2v) is 12.3. The third-order valence-corrected chi connectivity index (χ3v) is 11.4. The molecule has 0 N–H and O–H groups in total. The highest BCUT2D eigenvalue weighted by Gasteiger charge is 2.40. The Kier molecular flexibility index (Phi) is 3.95. The standard InChI is InChI=1S/C16H24O2P2/c1-11-7-19(17,8-12(11)2)15(5)16(6)20(18)9-13(3)14(4)10-20/h5-10H2,1-4H3. The van der Waals surface area contributed by atoms with E-state index >= 15 is 0 Å². The average Bonchev–Trinajstić information content (AvgIpc) is 2.76. The maximum absolute atomic E-state index is 13.1. The molecule has 0 fully saturated rings. The summed E-state index contributed by atoms with van der Waals surface area (Å²) in [6.07, 6.45) is 2.34. The molecule has 0 saturated carbocycles. The van der Waals surface area contributed by atoms with Gasteiger partial charge in [-0.05, 0) is 27.7 Å². The Hall–Kier alpha value is -0.580. The van der Waals surface area contributed by atoms with Crippen molar-refractivity contribution in [3.63, 3.8) is 0 Å². The maximum atomic E-state index is 13.1. The lowest BCUT2D eigenvalue weighted by Gasteiger charge is -2.22. The fourth-order valence-electron chi connectivity index (χ4n) is 3.04. The summed E-state index contributed by atoms with van der Waals surface area (Å²) < 4.78 is 26.2. The van der Waals surface area contributed by atoms with Crippen molar-refractivity contribution in [2.75, 3.05) is 24.6 Å². The first-order valence-corrected chi connectivity index (χ1v) is 11.1. The topological polar surface area (TPSA) is 34.1 Å². The van der Waals surface area contributed by atoms with Crippen LogP contribution in [0.2, 0.25) is 0 Å². The molecule has 0 atom stereocenters. The van der Waals surface area contributed by atoms with Crippen LogP contribution in [0.3, 0.4) is 0 Å². The largest absolute Gasteiger partial charge is 0.318 e. The van der Waals surface area contributed by atoms with E-state index in [1.807, 2.05) is 27.7 Å². The first kappa shape index (κ1) is 15.8. The van der Waals surface area contributed by atoms with Gasteiger partial charge in [0, 0.05) is 35.3 Å². The van der Waals surface area contributed by atoms with Crippen molar-refractivity contribution in [1.29, 1.82) is 0 Å². The van der Waals surface area contributed by atoms with Gasteiger partial charge in [-0.2, -0.15) is 0 Å². The van der Waals surface area contributed by atoms with E-state index in [0.29, 0.717) is 35.3 Å². The molecule has 2 aliphatic heterocycles. The monoisotopic (exact) mass is 310 g/mol. The lowest BCUT2D eigenvalue weighted by Crippen LogP contribution is -1.98. The third kappa shape index (κ3) is 2.49. The minimum atomic E-state index is -2.52. The summed E-state index contributed by atoms with van der Waals surface area (Å²) in [5, 5.41) is 1.17. The fraction of sp³-hybridized carbons (Fsp3) is 0.500. The van der Waals surface area contributed by atoms with E-state index in [0.717, 1.165) is 0 Å². The average molecular weight is 310 g/mol. The first-order valence-electron chi connectivity index (χ1n) is 6.95. The van der Waals surface area contributed by atoms with Gasteiger partial charge in [-0.3, -0.25) is 0 Å². The van der Waals surface area contributed by atoms with Crippen LogP contribution in [-0.2, 0) is 9.13 Å². The van der Waals surface area contributed by atoms with Gasteiger partial charge < -0.3 is 9.13 Å². The van der Waals surface area contributed by atoms with Crippen molar-refractivity contribution in [2.45, 2.75) is 27.7 Å². The van der Waals surface area contributed by atoms with E-state index in [2.05, 4.69) is 13.2 Å². The summed E-state index contributed by atoms with van der Waals surface area (Å²) in [6.45, 7) is 16.2. The minimum absolute atomic E-state index is 0.583. The third-order valence-electron chi connectivity index (χ3n) is 4.74. The van der Waals surface area contributed by atoms with Gasteiger partial charge in [0.25, 0.3) is 0 Å². The molecule has 0 radical (unpaired) electrons. The SMILES string of the molecule is C=C(C(=C)P1(=O)CC(C)=C(C)C1)P1(=O)CC(C)=C(C)C1. The summed E-state index contributed by atoms with van der Waals surface area (Å²) in [5.74, 6) is 0. The quantitative estimate of drug-likeness (QED) is 0.395. The molecule has 0 bridgehead atoms. The van der Waals surface area contributed by atoms with Crippen molar-refractivity contribution in [2.24, 2.45) is 0 Å². The highest BCUT2D eigenvalue weighted by Crippen LogP contribution is 2.70. The van der Waals surface area contributed by atoms with Gasteiger partial charge in [0.15, 0.2) is 0 Å². The summed E-state index contributed by atoms with van der Waals surface area (Å²) in [6, 6.07) is 0. The van der Waals surface area contributed by atoms with Crippen molar-refractivity contribution in [3.05, 3.63) is 46.1 Å². The van der Waals surface area contributed by atoms with Gasteiger partial charge >= 0.3 is 0 Å². The van der Waals surface area contributed by atoms with Crippen molar-refractivity contribution < 1.29 is 9.13 Å². The van der Waals surface area contributed by atoms with Crippen LogP contribution in [0.5, 0.6) is 0 Å². The van der Waals surface area contributed by atoms with E-state index in [1.165, 1.54) is 22.3 Å². The van der Waals surface area contributed by atoms with Crippen molar-refractivity contribution in [3.8, 4) is 0 Å². The normalized spacial score (nSPS) is 24.4. The lowest BCUT2D eigenvalue weighted by molar-refractivity contribution is 0.579. The zero-order chi connectivity index (χ0) is 15.3. The first-order chi connectivity index (χ1) is 9.09. The minimum Gasteiger partial charge on any atom is -0.318 e. The molecule has 20 heavy (non-hydrogen) atoms. The molecular formula is C16H24O2P2. The highest BCUT2D eigenvalue weighted by molar-refractivity contribution is 7.74. The Morgan fingerprint density at radius 2 is 0.900 bits per heavy atom. The summed E-state index contributed by atoms with van der Waals surface area (Å²) >= 11 is 0. The Bertz CT molecular complexity index is 568. The van der Waals surface area contributed by atoms with Gasteiger partial charge in [-0.25, -0.2) is 0 Å². The zero-order valence-electron chi connectivity index (χ0n) is 13.0. The van der Waals surface area contributed by atoms with Crippen LogP contribution in [0.25, 0.3) is 0 Å². The van der Waals surface area contributed by atoms with Crippen LogP contribution in [0.1, 0.15) is 27.7 Å². The molecule has 2 heterocycles. The predicted octanol–water partition coefficient (Wildman–Crippen LogP) is 5.44. The molecule has 0 aliphatic carbocycles. The molecule has 0 spiro atoms. The summed E-state index contributed by atoms with van der Waals surface area (Å²) in [5.41, 5.74) is 4.77. The smallest absolute Gasteiger partial charge is 0.123 e. The number of hydrogen-bond donors (Lipinski definition) is 0. The van der Waals surface area contributed by atoms with Crippen LogP contribution in [0.4, 0.5) is 0 Å². The van der Waals surface area contributed by atoms with Crippen LogP contribution in [-0.4, -0.2) is 24.6 Å². The molecule has 0 amide bonds. The Morgan fingerprint density at radius 3 is 1.10 bits per heavy atom. The van der Waals surface area contributed by atoms with Crippen molar-refractivity contribution in [1.82, 2.24) is 0 Å². The Morgan fingerprint density at radius 1 is 0.700 bits per heavy atom. The van der Waals surface area contributed by atoms with Crippen LogP contribution >= 0.6 is 14.3 Å². The van der Waals surface area contributed by atoms with E-state index < -0.39 is 14.3 Å². The zero-order valence-corrected chi connectivity index (χ0v) is 14.7. The van der Waals surface area contributed by atoms with Gasteiger partial charge in [0.1, 0.15) is 14.3 Å². The molecule has 0 aromatic rings. The van der Waals surface area contributed by atoms with E-state index in [-0.39, 0.29) is 0 Å². The van der Waals surface area contributed by atoms with E-state index in [4.69, 9.17) is 0 Å². The summed E-state index contributed by atoms with van der Waals surface area (Å²) in [4.78, 5) is 0. The van der Waals surface area contributed by atoms with Gasteiger partial charge in [-0.1, -0.05) is 35.5 Å². The van der Waals surface area contributed by atoms with E-state index in [1.54, 1.807) is 0 Å². The molecule has 0 saturated heterocycles. The van der Waals surface area contributed by atoms with Gasteiger partial charge in [0.05, 0.1) is 0 Å². The van der Waals surface area contributed by atoms with Gasteiger partial charge in [0.2, 0.25) is 0 Å². The Balaban J connectivity index is 2.23. The van der Waals surface area contributed by atoms with Crippen LogP contribution in [0.15, 0.2) is 46.1 Å². The molecule has 110 valence electrons. The lowest BCUT2D eigenvalue weighted by atomic mass is 10.2. The maximum Gasteiger partial charge on any atom is 0.123 e. The Labute approximate surface area is 122 Å². The second kappa shape index (κ2) is 5.00. The predicted molar refractivity (Wildman–Crippen MR) is 89.7 cm³/mol.